The number of carbonyl (C=O) groups is 2. The lowest BCUT2D eigenvalue weighted by Gasteiger charge is -2.07. The van der Waals surface area contributed by atoms with E-state index in [-0.39, 0.29) is 0 Å². The van der Waals surface area contributed by atoms with Crippen LogP contribution in [0.15, 0.2) is 0 Å². The van der Waals surface area contributed by atoms with Crippen LogP contribution in [0.1, 0.15) is 20.3 Å². The van der Waals surface area contributed by atoms with Crippen molar-refractivity contribution in [2.24, 2.45) is 11.7 Å². The number of hydrogen-bond donors (Lipinski definition) is 4. The first-order valence-electron chi connectivity index (χ1n) is 3.67. The van der Waals surface area contributed by atoms with E-state index < -0.39 is 18.2 Å². The number of carboxylic acids is 1. The van der Waals surface area contributed by atoms with Crippen LogP contribution in [0.2, 0.25) is 0 Å². The molecule has 0 bridgehead atoms. The van der Waals surface area contributed by atoms with Crippen molar-refractivity contribution >= 4 is 12.1 Å². The lowest BCUT2D eigenvalue weighted by atomic mass is 10.1. The molecule has 5 N–H and O–H groups in total. The van der Waals surface area contributed by atoms with Gasteiger partial charge in [-0.3, -0.25) is 4.79 Å². The third-order valence-corrected chi connectivity index (χ3v) is 1.04. The third kappa shape index (κ3) is 18.0. The zero-order valence-electron chi connectivity index (χ0n) is 7.60. The molecule has 0 aromatic heterocycles. The summed E-state index contributed by atoms with van der Waals surface area (Å²) >= 11 is 0. The maximum atomic E-state index is 10.1. The highest BCUT2D eigenvalue weighted by molar-refractivity contribution is 5.72. The summed E-state index contributed by atoms with van der Waals surface area (Å²) in [5.41, 5.74) is 5.22. The quantitative estimate of drug-likeness (QED) is 0.522. The Morgan fingerprint density at radius 3 is 1.62 bits per heavy atom. The monoisotopic (exact) mass is 193 g/mol. The Bertz CT molecular complexity index is 164. The zero-order valence-corrected chi connectivity index (χ0v) is 7.60. The zero-order chi connectivity index (χ0) is 11.0. The minimum absolute atomic E-state index is 0.357. The summed E-state index contributed by atoms with van der Waals surface area (Å²) in [5.74, 6) is -0.556. The number of hydrogen-bond acceptors (Lipinski definition) is 3. The molecule has 0 unspecified atom stereocenters. The highest BCUT2D eigenvalue weighted by Gasteiger charge is 2.11. The van der Waals surface area contributed by atoms with Gasteiger partial charge < -0.3 is 21.1 Å². The Hall–Kier alpha value is -1.30. The summed E-state index contributed by atoms with van der Waals surface area (Å²) in [7, 11) is 0. The molecule has 6 heteroatoms. The molecule has 0 aliphatic carbocycles. The number of rotatable bonds is 3. The molecule has 0 amide bonds. The maximum absolute atomic E-state index is 10.1. The number of carboxylic acid groups (broad SMARTS) is 3. The molecule has 0 rings (SSSR count). The average Bonchev–Trinajstić information content (AvgIpc) is 1.83. The molecule has 0 spiro atoms. The molecule has 0 aliphatic rings. The Morgan fingerprint density at radius 2 is 1.54 bits per heavy atom. The Morgan fingerprint density at radius 1 is 1.23 bits per heavy atom. The van der Waals surface area contributed by atoms with E-state index in [9.17, 15) is 4.79 Å². The SMILES string of the molecule is CC(C)C[C@H](N)C(=O)O.O=C(O)O. The Labute approximate surface area is 76.0 Å². The van der Waals surface area contributed by atoms with Gasteiger partial charge in [-0.1, -0.05) is 13.8 Å². The largest absolute Gasteiger partial charge is 0.503 e. The van der Waals surface area contributed by atoms with Gasteiger partial charge in [-0.15, -0.1) is 0 Å². The van der Waals surface area contributed by atoms with Crippen LogP contribution >= 0.6 is 0 Å². The maximum Gasteiger partial charge on any atom is 0.503 e. The van der Waals surface area contributed by atoms with E-state index in [4.69, 9.17) is 25.8 Å². The first kappa shape index (κ1) is 14.2. The van der Waals surface area contributed by atoms with E-state index >= 15 is 0 Å². The molecule has 6 nitrogen and oxygen atoms in total. The van der Waals surface area contributed by atoms with Crippen molar-refractivity contribution in [3.05, 3.63) is 0 Å². The van der Waals surface area contributed by atoms with Crippen LogP contribution in [0.4, 0.5) is 4.79 Å². The minimum Gasteiger partial charge on any atom is -0.480 e. The van der Waals surface area contributed by atoms with Gasteiger partial charge in [0.15, 0.2) is 0 Å². The van der Waals surface area contributed by atoms with Crippen LogP contribution in [0.3, 0.4) is 0 Å². The molecule has 1 atom stereocenters. The Balaban J connectivity index is 0. The van der Waals surface area contributed by atoms with Crippen molar-refractivity contribution in [3.63, 3.8) is 0 Å². The number of aliphatic carboxylic acids is 1. The van der Waals surface area contributed by atoms with E-state index in [1.54, 1.807) is 0 Å². The second-order valence-corrected chi connectivity index (χ2v) is 2.86. The summed E-state index contributed by atoms with van der Waals surface area (Å²) < 4.78 is 0. The van der Waals surface area contributed by atoms with Crippen LogP contribution in [-0.2, 0) is 4.79 Å². The molecule has 0 saturated carbocycles. The van der Waals surface area contributed by atoms with Gasteiger partial charge in [0.25, 0.3) is 0 Å². The van der Waals surface area contributed by atoms with Gasteiger partial charge in [0.05, 0.1) is 0 Å². The number of nitrogens with two attached hydrogens (primary N) is 1. The summed E-state index contributed by atoms with van der Waals surface area (Å²) in [5, 5.41) is 22.3. The lowest BCUT2D eigenvalue weighted by Crippen LogP contribution is -2.31. The van der Waals surface area contributed by atoms with Crippen molar-refractivity contribution in [2.45, 2.75) is 26.3 Å². The van der Waals surface area contributed by atoms with Crippen molar-refractivity contribution in [1.82, 2.24) is 0 Å². The summed E-state index contributed by atoms with van der Waals surface area (Å²) in [6.07, 6.45) is -1.28. The van der Waals surface area contributed by atoms with Crippen LogP contribution in [0.5, 0.6) is 0 Å². The lowest BCUT2D eigenvalue weighted by molar-refractivity contribution is -0.138. The molecular weight excluding hydrogens is 178 g/mol. The van der Waals surface area contributed by atoms with Crippen molar-refractivity contribution in [3.8, 4) is 0 Å². The van der Waals surface area contributed by atoms with Crippen molar-refractivity contribution in [1.29, 1.82) is 0 Å². The molecule has 0 aliphatic heterocycles. The van der Waals surface area contributed by atoms with E-state index in [1.165, 1.54) is 0 Å². The molecule has 0 heterocycles. The van der Waals surface area contributed by atoms with Crippen LogP contribution in [0.25, 0.3) is 0 Å². The summed E-state index contributed by atoms with van der Waals surface area (Å²) in [6, 6.07) is -0.690. The van der Waals surface area contributed by atoms with E-state index in [0.717, 1.165) is 0 Å². The molecule has 0 saturated heterocycles. The van der Waals surface area contributed by atoms with Crippen molar-refractivity contribution < 1.29 is 24.9 Å². The fourth-order valence-electron chi connectivity index (χ4n) is 0.609. The summed E-state index contributed by atoms with van der Waals surface area (Å²) in [6.45, 7) is 3.89. The van der Waals surface area contributed by atoms with Crippen LogP contribution in [0, 0.1) is 5.92 Å². The molecule has 0 aromatic carbocycles. The fourth-order valence-corrected chi connectivity index (χ4v) is 0.609. The van der Waals surface area contributed by atoms with Gasteiger partial charge in [0.2, 0.25) is 0 Å². The molecule has 13 heavy (non-hydrogen) atoms. The highest BCUT2D eigenvalue weighted by Crippen LogP contribution is 2.01. The predicted molar refractivity (Wildman–Crippen MR) is 45.7 cm³/mol. The van der Waals surface area contributed by atoms with Gasteiger partial charge >= 0.3 is 12.1 Å². The van der Waals surface area contributed by atoms with Crippen molar-refractivity contribution in [2.75, 3.05) is 0 Å². The second kappa shape index (κ2) is 7.35. The molecule has 0 radical (unpaired) electrons. The average molecular weight is 193 g/mol. The fraction of sp³-hybridized carbons (Fsp3) is 0.714. The topological polar surface area (TPSA) is 121 Å². The molecule has 78 valence electrons. The summed E-state index contributed by atoms with van der Waals surface area (Å²) in [4.78, 5) is 18.7. The predicted octanol–water partition coefficient (Wildman–Crippen LogP) is 0.667. The second-order valence-electron chi connectivity index (χ2n) is 2.86. The van der Waals surface area contributed by atoms with Crippen LogP contribution in [-0.4, -0.2) is 33.5 Å². The Kier molecular flexibility index (Phi) is 8.05. The highest BCUT2D eigenvalue weighted by atomic mass is 16.6. The third-order valence-electron chi connectivity index (χ3n) is 1.04. The minimum atomic E-state index is -1.83. The van der Waals surface area contributed by atoms with E-state index in [0.29, 0.717) is 12.3 Å². The van der Waals surface area contributed by atoms with Gasteiger partial charge in [-0.25, -0.2) is 4.79 Å². The molecule has 0 aromatic rings. The first-order chi connectivity index (χ1) is 5.77. The van der Waals surface area contributed by atoms with E-state index in [2.05, 4.69) is 0 Å². The van der Waals surface area contributed by atoms with Gasteiger partial charge in [0, 0.05) is 0 Å². The first-order valence-corrected chi connectivity index (χ1v) is 3.67. The normalized spacial score (nSPS) is 11.4. The molecular formula is C7H15NO5. The van der Waals surface area contributed by atoms with Gasteiger partial charge in [0.1, 0.15) is 6.04 Å². The standard InChI is InChI=1S/C6H13NO2.CH2O3/c1-4(2)3-5(7)6(8)9;2-1(3)4/h4-5H,3,7H2,1-2H3,(H,8,9);(H2,2,3,4)/t5-;/m0./s1. The van der Waals surface area contributed by atoms with Gasteiger partial charge in [-0.05, 0) is 12.3 Å². The van der Waals surface area contributed by atoms with Crippen LogP contribution < -0.4 is 5.73 Å². The van der Waals surface area contributed by atoms with Gasteiger partial charge in [-0.2, -0.15) is 0 Å². The smallest absolute Gasteiger partial charge is 0.480 e. The van der Waals surface area contributed by atoms with E-state index in [1.807, 2.05) is 13.8 Å². The molecule has 0 fully saturated rings.